The second-order valence-corrected chi connectivity index (χ2v) is 6.14. The molecule has 128 valence electrons. The Bertz CT molecular complexity index is 635. The quantitative estimate of drug-likeness (QED) is 0.784. The van der Waals surface area contributed by atoms with Gasteiger partial charge in [-0.25, -0.2) is 0 Å². The van der Waals surface area contributed by atoms with E-state index in [1.807, 2.05) is 38.1 Å². The van der Waals surface area contributed by atoms with Gasteiger partial charge in [0.15, 0.2) is 6.61 Å². The van der Waals surface area contributed by atoms with Crippen molar-refractivity contribution < 1.29 is 14.6 Å². The summed E-state index contributed by atoms with van der Waals surface area (Å²) in [6, 6.07) is 15.8. The first-order chi connectivity index (χ1) is 11.6. The number of benzene rings is 2. The Labute approximate surface area is 143 Å². The number of aliphatic hydroxyl groups excluding tert-OH is 1. The molecule has 0 aromatic heterocycles. The summed E-state index contributed by atoms with van der Waals surface area (Å²) < 4.78 is 5.45. The maximum Gasteiger partial charge on any atom is 0.257 e. The smallest absolute Gasteiger partial charge is 0.257 e. The van der Waals surface area contributed by atoms with Crippen LogP contribution >= 0.6 is 0 Å². The van der Waals surface area contributed by atoms with Crippen LogP contribution in [-0.4, -0.2) is 30.8 Å². The van der Waals surface area contributed by atoms with Crippen LogP contribution in [0.4, 0.5) is 0 Å². The molecule has 0 aliphatic rings. The van der Waals surface area contributed by atoms with E-state index in [2.05, 4.69) is 29.6 Å². The molecule has 2 aromatic rings. The minimum Gasteiger partial charge on any atom is -0.484 e. The molecule has 2 rings (SSSR count). The van der Waals surface area contributed by atoms with Crippen LogP contribution in [0.3, 0.4) is 0 Å². The van der Waals surface area contributed by atoms with Gasteiger partial charge < -0.3 is 15.2 Å². The molecule has 0 saturated heterocycles. The molecule has 1 amide bonds. The summed E-state index contributed by atoms with van der Waals surface area (Å²) in [4.78, 5) is 11.9. The number of hydrogen-bond acceptors (Lipinski definition) is 3. The van der Waals surface area contributed by atoms with Crippen molar-refractivity contribution in [3.8, 4) is 5.75 Å². The van der Waals surface area contributed by atoms with Crippen LogP contribution in [0.25, 0.3) is 0 Å². The van der Waals surface area contributed by atoms with Crippen molar-refractivity contribution >= 4 is 5.91 Å². The average molecular weight is 327 g/mol. The van der Waals surface area contributed by atoms with E-state index in [9.17, 15) is 9.90 Å². The molecule has 0 spiro atoms. The van der Waals surface area contributed by atoms with Gasteiger partial charge in [0.25, 0.3) is 5.91 Å². The zero-order chi connectivity index (χ0) is 17.4. The van der Waals surface area contributed by atoms with E-state index in [0.29, 0.717) is 12.3 Å². The second-order valence-electron chi connectivity index (χ2n) is 6.14. The summed E-state index contributed by atoms with van der Waals surface area (Å²) >= 11 is 0. The fraction of sp³-hybridized carbons (Fsp3) is 0.350. The maximum atomic E-state index is 11.9. The maximum absolute atomic E-state index is 11.9. The molecular formula is C20H25NO3. The van der Waals surface area contributed by atoms with Crippen molar-refractivity contribution in [2.45, 2.75) is 20.3 Å². The predicted octanol–water partition coefficient (Wildman–Crippen LogP) is 2.65. The number of nitrogens with one attached hydrogen (secondary N) is 1. The summed E-state index contributed by atoms with van der Waals surface area (Å²) in [6.07, 6.45) is 0.732. The fourth-order valence-corrected chi connectivity index (χ4v) is 2.35. The summed E-state index contributed by atoms with van der Waals surface area (Å²) in [5.74, 6) is 0.489. The number of carbonyl (C=O) groups is 1. The first kappa shape index (κ1) is 18.0. The van der Waals surface area contributed by atoms with Crippen molar-refractivity contribution in [3.05, 3.63) is 65.2 Å². The van der Waals surface area contributed by atoms with E-state index < -0.39 is 0 Å². The van der Waals surface area contributed by atoms with Gasteiger partial charge in [-0.3, -0.25) is 4.79 Å². The minimum atomic E-state index is -0.182. The molecule has 0 saturated carbocycles. The number of ether oxygens (including phenoxy) is 1. The van der Waals surface area contributed by atoms with Gasteiger partial charge in [-0.15, -0.1) is 0 Å². The van der Waals surface area contributed by atoms with Crippen LogP contribution in [-0.2, 0) is 11.2 Å². The molecule has 0 fully saturated rings. The van der Waals surface area contributed by atoms with Gasteiger partial charge in [-0.05, 0) is 38.0 Å². The second kappa shape index (κ2) is 9.08. The lowest BCUT2D eigenvalue weighted by Crippen LogP contribution is -2.35. The molecule has 4 heteroatoms. The number of hydrogen-bond donors (Lipinski definition) is 2. The third kappa shape index (κ3) is 6.05. The van der Waals surface area contributed by atoms with Crippen molar-refractivity contribution in [3.63, 3.8) is 0 Å². The topological polar surface area (TPSA) is 58.6 Å². The normalized spacial score (nSPS) is 11.8. The van der Waals surface area contributed by atoms with Gasteiger partial charge in [0, 0.05) is 19.1 Å². The Morgan fingerprint density at radius 3 is 2.21 bits per heavy atom. The van der Waals surface area contributed by atoms with Crippen LogP contribution < -0.4 is 10.1 Å². The molecular weight excluding hydrogens is 302 g/mol. The van der Waals surface area contributed by atoms with Crippen LogP contribution in [0.5, 0.6) is 5.75 Å². The highest BCUT2D eigenvalue weighted by Gasteiger charge is 2.11. The van der Waals surface area contributed by atoms with Crippen molar-refractivity contribution in [2.24, 2.45) is 5.92 Å². The monoisotopic (exact) mass is 327 g/mol. The molecule has 0 radical (unpaired) electrons. The van der Waals surface area contributed by atoms with Crippen molar-refractivity contribution in [1.29, 1.82) is 0 Å². The number of aryl methyl sites for hydroxylation is 2. The number of rotatable bonds is 8. The SMILES string of the molecule is Cc1ccc(CC(CO)CNC(=O)COc2ccc(C)cc2)cc1. The molecule has 0 aliphatic heterocycles. The van der Waals surface area contributed by atoms with E-state index in [-0.39, 0.29) is 25.0 Å². The number of carbonyl (C=O) groups excluding carboxylic acids is 1. The molecule has 2 aromatic carbocycles. The highest BCUT2D eigenvalue weighted by atomic mass is 16.5. The van der Waals surface area contributed by atoms with Crippen molar-refractivity contribution in [2.75, 3.05) is 19.8 Å². The van der Waals surface area contributed by atoms with Gasteiger partial charge in [-0.1, -0.05) is 47.5 Å². The Kier molecular flexibility index (Phi) is 6.82. The Balaban J connectivity index is 1.74. The standard InChI is InChI=1S/C20H25NO3/c1-15-3-7-17(8-4-15)11-18(13-22)12-21-20(23)14-24-19-9-5-16(2)6-10-19/h3-10,18,22H,11-14H2,1-2H3,(H,21,23). The molecule has 0 aliphatic carbocycles. The Morgan fingerprint density at radius 2 is 1.62 bits per heavy atom. The first-order valence-electron chi connectivity index (χ1n) is 8.19. The van der Waals surface area contributed by atoms with E-state index in [0.717, 1.165) is 17.5 Å². The van der Waals surface area contributed by atoms with Crippen LogP contribution in [0.2, 0.25) is 0 Å². The van der Waals surface area contributed by atoms with E-state index in [1.165, 1.54) is 5.56 Å². The third-order valence-electron chi connectivity index (χ3n) is 3.88. The number of aliphatic hydroxyl groups is 1. The van der Waals surface area contributed by atoms with Crippen LogP contribution in [0.1, 0.15) is 16.7 Å². The lowest BCUT2D eigenvalue weighted by molar-refractivity contribution is -0.123. The fourth-order valence-electron chi connectivity index (χ4n) is 2.35. The lowest BCUT2D eigenvalue weighted by atomic mass is 9.99. The van der Waals surface area contributed by atoms with Gasteiger partial charge in [0.1, 0.15) is 5.75 Å². The highest BCUT2D eigenvalue weighted by molar-refractivity contribution is 5.77. The summed E-state index contributed by atoms with van der Waals surface area (Å²) in [5, 5.41) is 12.3. The molecule has 24 heavy (non-hydrogen) atoms. The minimum absolute atomic E-state index is 0.00368. The molecule has 1 unspecified atom stereocenters. The van der Waals surface area contributed by atoms with Crippen molar-refractivity contribution in [1.82, 2.24) is 5.32 Å². The largest absolute Gasteiger partial charge is 0.484 e. The summed E-state index contributed by atoms with van der Waals surface area (Å²) in [7, 11) is 0. The molecule has 1 atom stereocenters. The highest BCUT2D eigenvalue weighted by Crippen LogP contribution is 2.11. The third-order valence-corrected chi connectivity index (χ3v) is 3.88. The molecule has 2 N–H and O–H groups in total. The summed E-state index contributed by atoms with van der Waals surface area (Å²) in [6.45, 7) is 4.49. The Hall–Kier alpha value is -2.33. The first-order valence-corrected chi connectivity index (χ1v) is 8.19. The van der Waals surface area contributed by atoms with Gasteiger partial charge in [0.2, 0.25) is 0 Å². The molecule has 0 heterocycles. The lowest BCUT2D eigenvalue weighted by Gasteiger charge is -2.15. The van der Waals surface area contributed by atoms with E-state index in [4.69, 9.17) is 4.74 Å². The van der Waals surface area contributed by atoms with E-state index >= 15 is 0 Å². The molecule has 0 bridgehead atoms. The average Bonchev–Trinajstić information content (AvgIpc) is 2.59. The van der Waals surface area contributed by atoms with Gasteiger partial charge >= 0.3 is 0 Å². The zero-order valence-electron chi connectivity index (χ0n) is 14.3. The number of amides is 1. The predicted molar refractivity (Wildman–Crippen MR) is 95.1 cm³/mol. The molecule has 4 nitrogen and oxygen atoms in total. The summed E-state index contributed by atoms with van der Waals surface area (Å²) in [5.41, 5.74) is 3.51. The van der Waals surface area contributed by atoms with Gasteiger partial charge in [0.05, 0.1) is 0 Å². The van der Waals surface area contributed by atoms with E-state index in [1.54, 1.807) is 0 Å². The van der Waals surface area contributed by atoms with Crippen LogP contribution in [0.15, 0.2) is 48.5 Å². The van der Waals surface area contributed by atoms with Crippen LogP contribution in [0, 0.1) is 19.8 Å². The van der Waals surface area contributed by atoms with Gasteiger partial charge in [-0.2, -0.15) is 0 Å². The zero-order valence-corrected chi connectivity index (χ0v) is 14.3. The Morgan fingerprint density at radius 1 is 1.04 bits per heavy atom.